The molecule has 0 saturated carbocycles. The molecule has 0 bridgehead atoms. The minimum Gasteiger partial charge on any atom is -0.507 e. The first kappa shape index (κ1) is 24.0. The van der Waals surface area contributed by atoms with Crippen LogP contribution in [0.3, 0.4) is 0 Å². The highest BCUT2D eigenvalue weighted by Gasteiger charge is 2.23. The van der Waals surface area contributed by atoms with Gasteiger partial charge >= 0.3 is 0 Å². The van der Waals surface area contributed by atoms with Crippen LogP contribution in [0.25, 0.3) is 11.3 Å². The summed E-state index contributed by atoms with van der Waals surface area (Å²) in [5.41, 5.74) is 3.88. The number of para-hydroxylation sites is 1. The van der Waals surface area contributed by atoms with Crippen LogP contribution in [0.4, 0.5) is 11.4 Å². The molecular weight excluding hydrogens is 464 g/mol. The summed E-state index contributed by atoms with van der Waals surface area (Å²) in [5.74, 6) is -0.329. The molecule has 35 heavy (non-hydrogen) atoms. The third kappa shape index (κ3) is 4.90. The van der Waals surface area contributed by atoms with Crippen molar-refractivity contribution in [1.29, 1.82) is 0 Å². The van der Waals surface area contributed by atoms with Crippen molar-refractivity contribution >= 4 is 27.3 Å². The fourth-order valence-corrected chi connectivity index (χ4v) is 5.33. The van der Waals surface area contributed by atoms with E-state index in [0.717, 1.165) is 11.1 Å². The third-order valence-electron chi connectivity index (χ3n) is 5.57. The smallest absolute Gasteiger partial charge is 0.273 e. The molecule has 0 aliphatic heterocycles. The molecule has 4 rings (SSSR count). The van der Waals surface area contributed by atoms with Crippen LogP contribution in [0.5, 0.6) is 5.75 Å². The predicted octanol–water partition coefficient (Wildman–Crippen LogP) is 4.87. The van der Waals surface area contributed by atoms with Crippen LogP contribution >= 0.6 is 0 Å². The van der Waals surface area contributed by atoms with Gasteiger partial charge in [-0.1, -0.05) is 24.3 Å². The van der Waals surface area contributed by atoms with Crippen molar-refractivity contribution in [3.8, 4) is 17.0 Å². The SMILES string of the molecule is CCN(c1ccccc1)S(=O)(=O)c1ccc(NC(=O)c2cc(-c3cc(C)cc(C)c3O)n[nH]2)cc1. The second kappa shape index (κ2) is 9.63. The molecule has 3 N–H and O–H groups in total. The maximum atomic E-state index is 13.1. The third-order valence-corrected chi connectivity index (χ3v) is 7.49. The Kier molecular flexibility index (Phi) is 6.61. The fourth-order valence-electron chi connectivity index (χ4n) is 3.85. The average Bonchev–Trinajstić information content (AvgIpc) is 3.33. The van der Waals surface area contributed by atoms with Crippen LogP contribution in [0.1, 0.15) is 28.5 Å². The number of aryl methyl sites for hydroxylation is 2. The summed E-state index contributed by atoms with van der Waals surface area (Å²) in [4.78, 5) is 12.8. The quantitative estimate of drug-likeness (QED) is 0.342. The first-order valence-electron chi connectivity index (χ1n) is 11.1. The van der Waals surface area contributed by atoms with Gasteiger partial charge in [0.25, 0.3) is 15.9 Å². The van der Waals surface area contributed by atoms with Gasteiger partial charge < -0.3 is 10.4 Å². The Labute approximate surface area is 204 Å². The van der Waals surface area contributed by atoms with E-state index < -0.39 is 15.9 Å². The summed E-state index contributed by atoms with van der Waals surface area (Å²) in [5, 5.41) is 20.0. The summed E-state index contributed by atoms with van der Waals surface area (Å²) in [7, 11) is -3.76. The van der Waals surface area contributed by atoms with Gasteiger partial charge in [0.2, 0.25) is 0 Å². The largest absolute Gasteiger partial charge is 0.507 e. The number of hydrogen-bond acceptors (Lipinski definition) is 5. The van der Waals surface area contributed by atoms with Gasteiger partial charge in [0.15, 0.2) is 0 Å². The number of phenolic OH excluding ortho intramolecular Hbond substituents is 1. The maximum Gasteiger partial charge on any atom is 0.273 e. The summed E-state index contributed by atoms with van der Waals surface area (Å²) >= 11 is 0. The lowest BCUT2D eigenvalue weighted by atomic mass is 10.0. The molecule has 0 saturated heterocycles. The van der Waals surface area contributed by atoms with Crippen molar-refractivity contribution in [3.63, 3.8) is 0 Å². The number of benzene rings is 3. The first-order chi connectivity index (χ1) is 16.7. The summed E-state index contributed by atoms with van der Waals surface area (Å²) < 4.78 is 27.6. The second-order valence-corrected chi connectivity index (χ2v) is 9.99. The van der Waals surface area contributed by atoms with Crippen LogP contribution in [0.15, 0.2) is 77.7 Å². The highest BCUT2D eigenvalue weighted by molar-refractivity contribution is 7.92. The van der Waals surface area contributed by atoms with Crippen molar-refractivity contribution in [1.82, 2.24) is 10.2 Å². The number of sulfonamides is 1. The highest BCUT2D eigenvalue weighted by Crippen LogP contribution is 2.32. The number of aromatic amines is 1. The van der Waals surface area contributed by atoms with Crippen LogP contribution in [0, 0.1) is 13.8 Å². The summed E-state index contributed by atoms with van der Waals surface area (Å²) in [6.07, 6.45) is 0. The molecule has 180 valence electrons. The van der Waals surface area contributed by atoms with Crippen LogP contribution in [-0.2, 0) is 10.0 Å². The molecule has 1 heterocycles. The zero-order valence-electron chi connectivity index (χ0n) is 19.6. The topological polar surface area (TPSA) is 115 Å². The predicted molar refractivity (Wildman–Crippen MR) is 136 cm³/mol. The molecule has 3 aromatic carbocycles. The number of carbonyl (C=O) groups is 1. The molecule has 0 radical (unpaired) electrons. The maximum absolute atomic E-state index is 13.1. The van der Waals surface area contributed by atoms with E-state index in [4.69, 9.17) is 0 Å². The van der Waals surface area contributed by atoms with Gasteiger partial charge in [-0.3, -0.25) is 14.2 Å². The number of anilines is 2. The van der Waals surface area contributed by atoms with Gasteiger partial charge in [-0.15, -0.1) is 0 Å². The monoisotopic (exact) mass is 490 g/mol. The van der Waals surface area contributed by atoms with Crippen LogP contribution < -0.4 is 9.62 Å². The summed E-state index contributed by atoms with van der Waals surface area (Å²) in [6.45, 7) is 5.77. The van der Waals surface area contributed by atoms with E-state index >= 15 is 0 Å². The number of rotatable bonds is 7. The fraction of sp³-hybridized carbons (Fsp3) is 0.154. The Hall–Kier alpha value is -4.11. The van der Waals surface area contributed by atoms with Crippen molar-refractivity contribution in [2.24, 2.45) is 0 Å². The van der Waals surface area contributed by atoms with Gasteiger partial charge in [0.05, 0.1) is 16.3 Å². The van der Waals surface area contributed by atoms with Crippen LogP contribution in [0.2, 0.25) is 0 Å². The van der Waals surface area contributed by atoms with Gasteiger partial charge in [-0.2, -0.15) is 5.10 Å². The molecule has 4 aromatic rings. The zero-order chi connectivity index (χ0) is 25.2. The lowest BCUT2D eigenvalue weighted by Gasteiger charge is -2.23. The van der Waals surface area contributed by atoms with E-state index in [-0.39, 0.29) is 22.9 Å². The highest BCUT2D eigenvalue weighted by atomic mass is 32.2. The molecule has 8 nitrogen and oxygen atoms in total. The van der Waals surface area contributed by atoms with Crippen LogP contribution in [-0.4, -0.2) is 36.2 Å². The van der Waals surface area contributed by atoms with E-state index in [1.54, 1.807) is 50.2 Å². The number of nitrogens with zero attached hydrogens (tertiary/aromatic N) is 2. The zero-order valence-corrected chi connectivity index (χ0v) is 20.4. The minimum atomic E-state index is -3.76. The number of aromatic hydroxyl groups is 1. The molecule has 9 heteroatoms. The van der Waals surface area contributed by atoms with E-state index in [2.05, 4.69) is 15.5 Å². The number of H-pyrrole nitrogens is 1. The Bertz CT molecular complexity index is 1460. The number of hydrogen-bond donors (Lipinski definition) is 3. The lowest BCUT2D eigenvalue weighted by Crippen LogP contribution is -2.30. The molecular formula is C26H26N4O4S. The van der Waals surface area contributed by atoms with E-state index in [1.165, 1.54) is 28.6 Å². The van der Waals surface area contributed by atoms with Gasteiger partial charge in [0.1, 0.15) is 11.4 Å². The van der Waals surface area contributed by atoms with E-state index in [0.29, 0.717) is 22.6 Å². The second-order valence-electron chi connectivity index (χ2n) is 8.13. The molecule has 0 unspecified atom stereocenters. The molecule has 0 atom stereocenters. The normalized spacial score (nSPS) is 11.3. The number of phenols is 1. The number of carbonyl (C=O) groups excluding carboxylic acids is 1. The number of aromatic nitrogens is 2. The Morgan fingerprint density at radius 1 is 1.03 bits per heavy atom. The molecule has 1 aromatic heterocycles. The van der Waals surface area contributed by atoms with E-state index in [9.17, 15) is 18.3 Å². The van der Waals surface area contributed by atoms with Crippen molar-refractivity contribution < 1.29 is 18.3 Å². The molecule has 0 spiro atoms. The van der Waals surface area contributed by atoms with E-state index in [1.807, 2.05) is 19.1 Å². The van der Waals surface area contributed by atoms with Crippen molar-refractivity contribution in [2.75, 3.05) is 16.2 Å². The molecule has 0 fully saturated rings. The lowest BCUT2D eigenvalue weighted by molar-refractivity contribution is 0.102. The molecule has 0 aliphatic carbocycles. The minimum absolute atomic E-state index is 0.113. The standard InChI is InChI=1S/C26H26N4O4S/c1-4-30(20-8-6-5-7-9-20)35(33,34)21-12-10-19(11-13-21)27-26(32)24-16-23(28-29-24)22-15-17(2)14-18(3)25(22)31/h5-16,31H,4H2,1-3H3,(H,27,32)(H,28,29). The first-order valence-corrected chi connectivity index (χ1v) is 12.5. The average molecular weight is 491 g/mol. The Morgan fingerprint density at radius 2 is 1.71 bits per heavy atom. The van der Waals surface area contributed by atoms with Crippen molar-refractivity contribution in [2.45, 2.75) is 25.7 Å². The Balaban J connectivity index is 1.51. The van der Waals surface area contributed by atoms with Crippen molar-refractivity contribution in [3.05, 3.63) is 89.6 Å². The number of amides is 1. The Morgan fingerprint density at radius 3 is 2.37 bits per heavy atom. The molecule has 1 amide bonds. The van der Waals surface area contributed by atoms with Gasteiger partial charge in [0, 0.05) is 17.8 Å². The van der Waals surface area contributed by atoms with Gasteiger partial charge in [-0.25, -0.2) is 8.42 Å². The summed E-state index contributed by atoms with van der Waals surface area (Å²) in [6, 6.07) is 20.1. The van der Waals surface area contributed by atoms with Gasteiger partial charge in [-0.05, 0) is 80.4 Å². The molecule has 0 aliphatic rings. The number of nitrogens with one attached hydrogen (secondary N) is 2.